The Morgan fingerprint density at radius 2 is 1.86 bits per heavy atom. The molecule has 28 heavy (non-hydrogen) atoms. The van der Waals surface area contributed by atoms with Gasteiger partial charge in [-0.1, -0.05) is 6.07 Å². The number of hydrogen-bond acceptors (Lipinski definition) is 7. The molecule has 0 aliphatic heterocycles. The molecule has 0 spiro atoms. The quantitative estimate of drug-likeness (QED) is 0.593. The van der Waals surface area contributed by atoms with E-state index in [1.165, 1.54) is 18.2 Å². The Morgan fingerprint density at radius 1 is 1.18 bits per heavy atom. The van der Waals surface area contributed by atoms with Gasteiger partial charge in [-0.3, -0.25) is 9.52 Å². The minimum absolute atomic E-state index is 0.0357. The summed E-state index contributed by atoms with van der Waals surface area (Å²) in [6.45, 7) is 5.20. The van der Waals surface area contributed by atoms with Gasteiger partial charge in [0, 0.05) is 16.6 Å². The lowest BCUT2D eigenvalue weighted by Gasteiger charge is -2.20. The Labute approximate surface area is 168 Å². The van der Waals surface area contributed by atoms with Crippen molar-refractivity contribution in [2.24, 2.45) is 0 Å². The maximum atomic E-state index is 12.4. The van der Waals surface area contributed by atoms with Crippen molar-refractivity contribution in [3.63, 3.8) is 0 Å². The summed E-state index contributed by atoms with van der Waals surface area (Å²) in [5.74, 6) is -0.408. The predicted octanol–water partition coefficient (Wildman–Crippen LogP) is 1.77. The SMILES string of the molecule is CC(C)(C)NS(=O)(=O)c1cccc(NC(=O)Cc2csc(NS(C)(=O)=O)n2)c1. The van der Waals surface area contributed by atoms with Crippen LogP contribution in [-0.4, -0.2) is 39.5 Å². The number of carbonyl (C=O) groups is 1. The molecule has 9 nitrogen and oxygen atoms in total. The summed E-state index contributed by atoms with van der Waals surface area (Å²) in [6.07, 6.45) is 0.926. The van der Waals surface area contributed by atoms with Crippen LogP contribution in [0.25, 0.3) is 0 Å². The highest BCUT2D eigenvalue weighted by Crippen LogP contribution is 2.19. The largest absolute Gasteiger partial charge is 0.326 e. The zero-order valence-electron chi connectivity index (χ0n) is 15.8. The van der Waals surface area contributed by atoms with E-state index in [0.717, 1.165) is 17.6 Å². The Kier molecular flexibility index (Phi) is 6.48. The van der Waals surface area contributed by atoms with Gasteiger partial charge in [-0.15, -0.1) is 11.3 Å². The van der Waals surface area contributed by atoms with Gasteiger partial charge in [0.2, 0.25) is 26.0 Å². The van der Waals surface area contributed by atoms with Crippen molar-refractivity contribution >= 4 is 48.1 Å². The molecule has 2 rings (SSSR count). The summed E-state index contributed by atoms with van der Waals surface area (Å²) in [5, 5.41) is 4.36. The van der Waals surface area contributed by atoms with Crippen LogP contribution in [0.3, 0.4) is 0 Å². The van der Waals surface area contributed by atoms with Crippen LogP contribution in [-0.2, 0) is 31.3 Å². The van der Waals surface area contributed by atoms with Crippen LogP contribution in [0.2, 0.25) is 0 Å². The Hall–Kier alpha value is -2.02. The van der Waals surface area contributed by atoms with Gasteiger partial charge in [-0.25, -0.2) is 26.5 Å². The molecule has 1 aromatic heterocycles. The topological polar surface area (TPSA) is 134 Å². The van der Waals surface area contributed by atoms with E-state index >= 15 is 0 Å². The van der Waals surface area contributed by atoms with Gasteiger partial charge in [0.15, 0.2) is 5.13 Å². The first-order valence-electron chi connectivity index (χ1n) is 8.10. The number of aromatic nitrogens is 1. The van der Waals surface area contributed by atoms with Crippen LogP contribution in [0.1, 0.15) is 26.5 Å². The smallest absolute Gasteiger partial charge is 0.241 e. The maximum absolute atomic E-state index is 12.4. The minimum Gasteiger partial charge on any atom is -0.326 e. The zero-order chi connectivity index (χ0) is 21.2. The average molecular weight is 447 g/mol. The number of carbonyl (C=O) groups excluding carboxylic acids is 1. The van der Waals surface area contributed by atoms with E-state index in [0.29, 0.717) is 11.4 Å². The summed E-state index contributed by atoms with van der Waals surface area (Å²) in [6, 6.07) is 5.91. The highest BCUT2D eigenvalue weighted by Gasteiger charge is 2.22. The van der Waals surface area contributed by atoms with E-state index < -0.39 is 31.5 Å². The highest BCUT2D eigenvalue weighted by atomic mass is 32.2. The van der Waals surface area contributed by atoms with Crippen molar-refractivity contribution in [3.8, 4) is 0 Å². The van der Waals surface area contributed by atoms with Crippen molar-refractivity contribution in [2.75, 3.05) is 16.3 Å². The third kappa shape index (κ3) is 7.19. The van der Waals surface area contributed by atoms with E-state index in [1.807, 2.05) is 0 Å². The van der Waals surface area contributed by atoms with Crippen LogP contribution in [0.15, 0.2) is 34.5 Å². The van der Waals surface area contributed by atoms with Gasteiger partial charge in [-0.05, 0) is 39.0 Å². The van der Waals surface area contributed by atoms with Crippen LogP contribution in [0.5, 0.6) is 0 Å². The number of amides is 1. The number of nitrogens with one attached hydrogen (secondary N) is 3. The third-order valence-corrected chi connectivity index (χ3v) is 6.29. The molecule has 1 amide bonds. The monoisotopic (exact) mass is 446 g/mol. The molecule has 0 saturated carbocycles. The molecular weight excluding hydrogens is 424 g/mol. The second-order valence-electron chi connectivity index (χ2n) is 7.13. The number of thiazole rings is 1. The fourth-order valence-corrected chi connectivity index (χ4v) is 5.19. The molecule has 0 atom stereocenters. The molecule has 0 radical (unpaired) electrons. The van der Waals surface area contributed by atoms with Crippen LogP contribution >= 0.6 is 11.3 Å². The fraction of sp³-hybridized carbons (Fsp3) is 0.375. The first kappa shape index (κ1) is 22.3. The Bertz CT molecular complexity index is 1070. The van der Waals surface area contributed by atoms with Crippen molar-refractivity contribution in [2.45, 2.75) is 37.6 Å². The lowest BCUT2D eigenvalue weighted by molar-refractivity contribution is -0.115. The second kappa shape index (κ2) is 8.15. The number of anilines is 2. The van der Waals surface area contributed by atoms with Crippen molar-refractivity contribution in [3.05, 3.63) is 35.3 Å². The molecule has 1 heterocycles. The van der Waals surface area contributed by atoms with Crippen LogP contribution < -0.4 is 14.8 Å². The molecule has 0 unspecified atom stereocenters. The van der Waals surface area contributed by atoms with Crippen LogP contribution in [0, 0.1) is 0 Å². The molecule has 0 bridgehead atoms. The predicted molar refractivity (Wildman–Crippen MR) is 109 cm³/mol. The molecule has 1 aromatic carbocycles. The molecule has 0 aliphatic carbocycles. The van der Waals surface area contributed by atoms with E-state index in [-0.39, 0.29) is 16.4 Å². The molecule has 0 saturated heterocycles. The molecule has 0 aliphatic rings. The van der Waals surface area contributed by atoms with E-state index in [9.17, 15) is 21.6 Å². The second-order valence-corrected chi connectivity index (χ2v) is 11.4. The molecule has 0 fully saturated rings. The van der Waals surface area contributed by atoms with Gasteiger partial charge in [0.1, 0.15) is 0 Å². The molecular formula is C16H22N4O5S3. The van der Waals surface area contributed by atoms with E-state index in [4.69, 9.17) is 0 Å². The number of sulfonamides is 2. The minimum atomic E-state index is -3.73. The first-order valence-corrected chi connectivity index (χ1v) is 12.3. The normalized spacial score (nSPS) is 12.6. The first-order chi connectivity index (χ1) is 12.7. The average Bonchev–Trinajstić information content (AvgIpc) is 2.89. The number of hydrogen-bond donors (Lipinski definition) is 3. The van der Waals surface area contributed by atoms with Crippen LogP contribution in [0.4, 0.5) is 10.8 Å². The number of rotatable bonds is 7. The molecule has 12 heteroatoms. The number of nitrogens with zero attached hydrogens (tertiary/aromatic N) is 1. The summed E-state index contributed by atoms with van der Waals surface area (Å²) in [4.78, 5) is 16.3. The summed E-state index contributed by atoms with van der Waals surface area (Å²) in [7, 11) is -7.16. The molecule has 3 N–H and O–H groups in total. The van der Waals surface area contributed by atoms with E-state index in [2.05, 4.69) is 19.7 Å². The van der Waals surface area contributed by atoms with Crippen molar-refractivity contribution in [1.29, 1.82) is 0 Å². The van der Waals surface area contributed by atoms with Gasteiger partial charge in [0.05, 0.1) is 23.3 Å². The number of benzene rings is 1. The lowest BCUT2D eigenvalue weighted by Crippen LogP contribution is -2.40. The lowest BCUT2D eigenvalue weighted by atomic mass is 10.1. The van der Waals surface area contributed by atoms with Crippen molar-refractivity contribution in [1.82, 2.24) is 9.71 Å². The fourth-order valence-electron chi connectivity index (χ4n) is 2.17. The molecule has 2 aromatic rings. The molecule has 154 valence electrons. The summed E-state index contributed by atoms with van der Waals surface area (Å²) in [5.41, 5.74) is 0.0822. The summed E-state index contributed by atoms with van der Waals surface area (Å²) < 4.78 is 52.0. The standard InChI is InChI=1S/C16H22N4O5S3/c1-16(2,3)20-28(24,25)13-7-5-6-11(8-13)17-14(21)9-12-10-26-15(18-12)19-27(4,22)23/h5-8,10,20H,9H2,1-4H3,(H,17,21)(H,18,19). The summed E-state index contributed by atoms with van der Waals surface area (Å²) >= 11 is 1.07. The Balaban J connectivity index is 2.07. The maximum Gasteiger partial charge on any atom is 0.241 e. The highest BCUT2D eigenvalue weighted by molar-refractivity contribution is 7.92. The van der Waals surface area contributed by atoms with Gasteiger partial charge < -0.3 is 5.32 Å². The van der Waals surface area contributed by atoms with Gasteiger partial charge in [-0.2, -0.15) is 0 Å². The van der Waals surface area contributed by atoms with Gasteiger partial charge in [0.25, 0.3) is 0 Å². The van der Waals surface area contributed by atoms with E-state index in [1.54, 1.807) is 32.2 Å². The third-order valence-electron chi connectivity index (χ3n) is 3.03. The van der Waals surface area contributed by atoms with Gasteiger partial charge >= 0.3 is 0 Å². The zero-order valence-corrected chi connectivity index (χ0v) is 18.3. The van der Waals surface area contributed by atoms with Crippen molar-refractivity contribution < 1.29 is 21.6 Å². The Morgan fingerprint density at radius 3 is 2.46 bits per heavy atom.